The molecule has 1 aliphatic heterocycles. The highest BCUT2D eigenvalue weighted by molar-refractivity contribution is 7.89. The molecule has 0 spiro atoms. The lowest BCUT2D eigenvalue weighted by atomic mass is 10.1. The maximum Gasteiger partial charge on any atom is 0.253 e. The molecule has 28 heavy (non-hydrogen) atoms. The molecule has 3 rings (SSSR count). The van der Waals surface area contributed by atoms with E-state index in [1.165, 1.54) is 6.07 Å². The van der Waals surface area contributed by atoms with E-state index in [4.69, 9.17) is 0 Å². The minimum atomic E-state index is -3.58. The number of carbonyl (C=O) groups is 1. The summed E-state index contributed by atoms with van der Waals surface area (Å²) < 4.78 is 27.7. The zero-order valence-electron chi connectivity index (χ0n) is 16.8. The average molecular weight is 401 g/mol. The monoisotopic (exact) mass is 400 g/mol. The van der Waals surface area contributed by atoms with Gasteiger partial charge >= 0.3 is 0 Å². The second kappa shape index (κ2) is 8.45. The van der Waals surface area contributed by atoms with E-state index in [2.05, 4.69) is 0 Å². The molecule has 6 heteroatoms. The smallest absolute Gasteiger partial charge is 0.253 e. The van der Waals surface area contributed by atoms with Gasteiger partial charge in [0.05, 0.1) is 4.90 Å². The fraction of sp³-hybridized carbons (Fsp3) is 0.409. The highest BCUT2D eigenvalue weighted by Gasteiger charge is 2.28. The summed E-state index contributed by atoms with van der Waals surface area (Å²) in [6, 6.07) is 12.9. The van der Waals surface area contributed by atoms with E-state index < -0.39 is 10.0 Å². The van der Waals surface area contributed by atoms with Gasteiger partial charge in [0.25, 0.3) is 5.91 Å². The van der Waals surface area contributed by atoms with Gasteiger partial charge in [-0.3, -0.25) is 4.79 Å². The SMILES string of the molecule is Cc1ccccc1CN(C)C(=O)c1ccc(C)c(S(=O)(=O)N2CCCCC2)c1. The first-order valence-electron chi connectivity index (χ1n) is 9.71. The van der Waals surface area contributed by atoms with Gasteiger partial charge in [-0.05, 0) is 55.5 Å². The maximum absolute atomic E-state index is 13.1. The Hall–Kier alpha value is -2.18. The molecule has 0 N–H and O–H groups in total. The van der Waals surface area contributed by atoms with Crippen molar-refractivity contribution in [2.24, 2.45) is 0 Å². The van der Waals surface area contributed by atoms with Crippen molar-refractivity contribution in [3.05, 3.63) is 64.7 Å². The molecule has 0 bridgehead atoms. The van der Waals surface area contributed by atoms with Crippen LogP contribution in [-0.2, 0) is 16.6 Å². The van der Waals surface area contributed by atoms with Crippen molar-refractivity contribution < 1.29 is 13.2 Å². The third kappa shape index (κ3) is 4.28. The van der Waals surface area contributed by atoms with E-state index in [1.54, 1.807) is 35.3 Å². The number of rotatable bonds is 5. The Morgan fingerprint density at radius 2 is 1.68 bits per heavy atom. The molecule has 2 aromatic carbocycles. The Labute approximate surface area is 168 Å². The molecule has 1 fully saturated rings. The van der Waals surface area contributed by atoms with Gasteiger partial charge in [0, 0.05) is 32.2 Å². The van der Waals surface area contributed by atoms with Gasteiger partial charge in [-0.25, -0.2) is 8.42 Å². The summed E-state index contributed by atoms with van der Waals surface area (Å²) in [5, 5.41) is 0. The molecule has 150 valence electrons. The van der Waals surface area contributed by atoms with E-state index in [9.17, 15) is 13.2 Å². The molecule has 0 atom stereocenters. The number of piperidine rings is 1. The molecule has 0 saturated carbocycles. The van der Waals surface area contributed by atoms with Crippen molar-refractivity contribution in [2.45, 2.75) is 44.6 Å². The quantitative estimate of drug-likeness (QED) is 0.768. The molecular weight excluding hydrogens is 372 g/mol. The topological polar surface area (TPSA) is 57.7 Å². The van der Waals surface area contributed by atoms with Crippen LogP contribution < -0.4 is 0 Å². The average Bonchev–Trinajstić information content (AvgIpc) is 2.70. The first-order valence-corrected chi connectivity index (χ1v) is 11.2. The molecule has 2 aromatic rings. The van der Waals surface area contributed by atoms with Gasteiger partial charge < -0.3 is 4.90 Å². The molecule has 0 unspecified atom stereocenters. The lowest BCUT2D eigenvalue weighted by molar-refractivity contribution is 0.0784. The van der Waals surface area contributed by atoms with Gasteiger partial charge in [0.2, 0.25) is 10.0 Å². The van der Waals surface area contributed by atoms with Gasteiger partial charge in [-0.2, -0.15) is 4.31 Å². The summed E-state index contributed by atoms with van der Waals surface area (Å²) in [6.45, 7) is 5.37. The normalized spacial score (nSPS) is 15.4. The standard InChI is InChI=1S/C22H28N2O3S/c1-17-9-5-6-10-20(17)16-23(3)22(25)19-12-11-18(2)21(15-19)28(26,27)24-13-7-4-8-14-24/h5-6,9-12,15H,4,7-8,13-14,16H2,1-3H3. The first kappa shape index (κ1) is 20.6. The summed E-state index contributed by atoms with van der Waals surface area (Å²) in [5.74, 6) is -0.182. The van der Waals surface area contributed by atoms with Crippen LogP contribution in [0.2, 0.25) is 0 Å². The minimum absolute atomic E-state index is 0.182. The molecule has 0 aliphatic carbocycles. The zero-order valence-corrected chi connectivity index (χ0v) is 17.6. The van der Waals surface area contributed by atoms with Crippen LogP contribution in [0.15, 0.2) is 47.4 Å². The van der Waals surface area contributed by atoms with E-state index in [-0.39, 0.29) is 10.8 Å². The Bertz CT molecular complexity index is 963. The van der Waals surface area contributed by atoms with Crippen LogP contribution in [0.25, 0.3) is 0 Å². The van der Waals surface area contributed by atoms with E-state index in [0.29, 0.717) is 30.8 Å². The van der Waals surface area contributed by atoms with Crippen molar-refractivity contribution in [3.63, 3.8) is 0 Å². The van der Waals surface area contributed by atoms with Crippen LogP contribution >= 0.6 is 0 Å². The summed E-state index contributed by atoms with van der Waals surface area (Å²) in [5.41, 5.74) is 3.27. The zero-order chi connectivity index (χ0) is 20.3. The lowest BCUT2D eigenvalue weighted by Crippen LogP contribution is -2.36. The van der Waals surface area contributed by atoms with Crippen LogP contribution in [0.1, 0.15) is 46.3 Å². The summed E-state index contributed by atoms with van der Waals surface area (Å²) in [6.07, 6.45) is 2.83. The third-order valence-corrected chi connectivity index (χ3v) is 7.42. The predicted molar refractivity (Wildman–Crippen MR) is 111 cm³/mol. The van der Waals surface area contributed by atoms with E-state index >= 15 is 0 Å². The van der Waals surface area contributed by atoms with Crippen molar-refractivity contribution in [1.29, 1.82) is 0 Å². The molecule has 1 heterocycles. The number of sulfonamides is 1. The maximum atomic E-state index is 13.1. The number of aryl methyl sites for hydroxylation is 2. The summed E-state index contributed by atoms with van der Waals surface area (Å²) in [4.78, 5) is 14.8. The highest BCUT2D eigenvalue weighted by atomic mass is 32.2. The summed E-state index contributed by atoms with van der Waals surface area (Å²) in [7, 11) is -1.83. The van der Waals surface area contributed by atoms with Crippen LogP contribution in [0, 0.1) is 13.8 Å². The fourth-order valence-electron chi connectivity index (χ4n) is 3.59. The van der Waals surface area contributed by atoms with Gasteiger partial charge in [0.1, 0.15) is 0 Å². The molecule has 0 aromatic heterocycles. The van der Waals surface area contributed by atoms with Crippen molar-refractivity contribution in [2.75, 3.05) is 20.1 Å². The Morgan fingerprint density at radius 1 is 1.00 bits per heavy atom. The van der Waals surface area contributed by atoms with Crippen molar-refractivity contribution in [1.82, 2.24) is 9.21 Å². The van der Waals surface area contributed by atoms with Crippen LogP contribution in [0.3, 0.4) is 0 Å². The third-order valence-electron chi connectivity index (χ3n) is 5.38. The molecule has 1 aliphatic rings. The van der Waals surface area contributed by atoms with Crippen LogP contribution in [0.4, 0.5) is 0 Å². The number of amides is 1. The van der Waals surface area contributed by atoms with Crippen LogP contribution in [-0.4, -0.2) is 43.7 Å². The number of hydrogen-bond donors (Lipinski definition) is 0. The minimum Gasteiger partial charge on any atom is -0.337 e. The summed E-state index contributed by atoms with van der Waals surface area (Å²) >= 11 is 0. The van der Waals surface area contributed by atoms with Gasteiger partial charge in [0.15, 0.2) is 0 Å². The number of benzene rings is 2. The molecule has 1 saturated heterocycles. The van der Waals surface area contributed by atoms with Crippen molar-refractivity contribution >= 4 is 15.9 Å². The van der Waals surface area contributed by atoms with Crippen molar-refractivity contribution in [3.8, 4) is 0 Å². The van der Waals surface area contributed by atoms with Gasteiger partial charge in [-0.15, -0.1) is 0 Å². The van der Waals surface area contributed by atoms with E-state index in [0.717, 1.165) is 30.4 Å². The number of carbonyl (C=O) groups excluding carboxylic acids is 1. The Kier molecular flexibility index (Phi) is 6.20. The molecule has 0 radical (unpaired) electrons. The Morgan fingerprint density at radius 3 is 2.36 bits per heavy atom. The molecule has 5 nitrogen and oxygen atoms in total. The molecule has 1 amide bonds. The predicted octanol–water partition coefficient (Wildman–Crippen LogP) is 3.75. The second-order valence-electron chi connectivity index (χ2n) is 7.53. The molecular formula is C22H28N2O3S. The largest absolute Gasteiger partial charge is 0.337 e. The van der Waals surface area contributed by atoms with Gasteiger partial charge in [-0.1, -0.05) is 36.8 Å². The van der Waals surface area contributed by atoms with Crippen LogP contribution in [0.5, 0.6) is 0 Å². The number of nitrogens with zero attached hydrogens (tertiary/aromatic N) is 2. The van der Waals surface area contributed by atoms with E-state index in [1.807, 2.05) is 31.2 Å². The number of hydrogen-bond acceptors (Lipinski definition) is 3. The lowest BCUT2D eigenvalue weighted by Gasteiger charge is -2.27. The Balaban J connectivity index is 1.86. The first-order chi connectivity index (χ1) is 13.3. The highest BCUT2D eigenvalue weighted by Crippen LogP contribution is 2.25. The fourth-order valence-corrected chi connectivity index (χ4v) is 5.36. The second-order valence-corrected chi connectivity index (χ2v) is 9.44.